The van der Waals surface area contributed by atoms with E-state index in [2.05, 4.69) is 14.9 Å². The van der Waals surface area contributed by atoms with Crippen LogP contribution in [0.25, 0.3) is 0 Å². The van der Waals surface area contributed by atoms with E-state index in [4.69, 9.17) is 4.42 Å². The lowest BCUT2D eigenvalue weighted by Gasteiger charge is -2.31. The van der Waals surface area contributed by atoms with E-state index >= 15 is 0 Å². The Morgan fingerprint density at radius 1 is 1.17 bits per heavy atom. The van der Waals surface area contributed by atoms with Crippen LogP contribution in [0.3, 0.4) is 0 Å². The molecule has 188 valence electrons. The van der Waals surface area contributed by atoms with Crippen LogP contribution in [0.4, 0.5) is 10.5 Å². The number of amides is 1. The van der Waals surface area contributed by atoms with Gasteiger partial charge < -0.3 is 9.15 Å². The minimum atomic E-state index is -0.848. The highest BCUT2D eigenvalue weighted by atomic mass is 16.5. The largest absolute Gasteiger partial charge is 0.451 e. The Balaban J connectivity index is 2.18. The van der Waals surface area contributed by atoms with Gasteiger partial charge in [-0.1, -0.05) is 57.5 Å². The first-order chi connectivity index (χ1) is 16.5. The number of ketones is 1. The molecule has 2 aromatic rings. The Bertz CT molecular complexity index is 1130. The molecule has 0 radical (unpaired) electrons. The molecule has 1 amide bonds. The Kier molecular flexibility index (Phi) is 9.80. The van der Waals surface area contributed by atoms with Gasteiger partial charge in [0.1, 0.15) is 17.0 Å². The molecule has 0 aliphatic rings. The molecule has 0 fully saturated rings. The van der Waals surface area contributed by atoms with E-state index in [9.17, 15) is 19.3 Å². The molecular formula is C27H34N2O6. The predicted octanol–water partition coefficient (Wildman–Crippen LogP) is 6.54. The summed E-state index contributed by atoms with van der Waals surface area (Å²) in [4.78, 5) is 52.3. The summed E-state index contributed by atoms with van der Waals surface area (Å²) in [5.74, 6) is -0.917. The van der Waals surface area contributed by atoms with Crippen molar-refractivity contribution in [3.63, 3.8) is 0 Å². The maximum atomic E-state index is 13.3. The van der Waals surface area contributed by atoms with Crippen LogP contribution in [0, 0.1) is 23.2 Å². The van der Waals surface area contributed by atoms with Crippen LogP contribution in [0.1, 0.15) is 80.1 Å². The average Bonchev–Trinajstić information content (AvgIpc) is 2.83. The Hall–Kier alpha value is -3.42. The van der Waals surface area contributed by atoms with Gasteiger partial charge in [0.2, 0.25) is 0 Å². The topological polar surface area (TPSA) is 115 Å². The van der Waals surface area contributed by atoms with Crippen molar-refractivity contribution in [2.75, 3.05) is 7.11 Å². The molecule has 0 spiro atoms. The van der Waals surface area contributed by atoms with Crippen LogP contribution in [0.5, 0.6) is 0 Å². The number of ether oxygens (including phenoxy) is 1. The molecule has 8 nitrogen and oxygen atoms in total. The average molecular weight is 483 g/mol. The quantitative estimate of drug-likeness (QED) is 0.155. The van der Waals surface area contributed by atoms with Crippen molar-refractivity contribution >= 4 is 23.8 Å². The number of carbonyl (C=O) groups excluding carboxylic acids is 2. The number of benzene rings is 1. The maximum Gasteiger partial charge on any atom is 0.432 e. The van der Waals surface area contributed by atoms with Crippen LogP contribution in [0.2, 0.25) is 0 Å². The highest BCUT2D eigenvalue weighted by Gasteiger charge is 2.35. The van der Waals surface area contributed by atoms with Crippen LogP contribution in [-0.4, -0.2) is 25.2 Å². The van der Waals surface area contributed by atoms with Crippen molar-refractivity contribution in [2.24, 2.45) is 21.5 Å². The van der Waals surface area contributed by atoms with Crippen molar-refractivity contribution in [3.05, 3.63) is 68.1 Å². The number of carbonyl (C=O) groups is 2. The number of aryl methyl sites for hydroxylation is 1. The van der Waals surface area contributed by atoms with Crippen molar-refractivity contribution in [2.45, 2.75) is 66.2 Å². The third-order valence-corrected chi connectivity index (χ3v) is 6.47. The van der Waals surface area contributed by atoms with E-state index in [-0.39, 0.29) is 22.9 Å². The lowest BCUT2D eigenvalue weighted by molar-refractivity contribution is 0.0815. The van der Waals surface area contributed by atoms with Gasteiger partial charge in [-0.05, 0) is 48.8 Å². The minimum absolute atomic E-state index is 0.196. The fourth-order valence-corrected chi connectivity index (χ4v) is 3.85. The number of methoxy groups -OCH3 is 1. The molecule has 1 heterocycles. The summed E-state index contributed by atoms with van der Waals surface area (Å²) in [5.41, 5.74) is 0.417. The summed E-state index contributed by atoms with van der Waals surface area (Å²) >= 11 is 0. The number of nitroso groups, excluding NO2 is 1. The van der Waals surface area contributed by atoms with Gasteiger partial charge in [0.25, 0.3) is 0 Å². The van der Waals surface area contributed by atoms with Crippen molar-refractivity contribution in [3.8, 4) is 0 Å². The predicted molar refractivity (Wildman–Crippen MR) is 136 cm³/mol. The zero-order valence-electron chi connectivity index (χ0n) is 21.3. The van der Waals surface area contributed by atoms with Gasteiger partial charge in [0, 0.05) is 24.1 Å². The summed E-state index contributed by atoms with van der Waals surface area (Å²) in [7, 11) is 1.25. The van der Waals surface area contributed by atoms with Gasteiger partial charge in [0.15, 0.2) is 5.78 Å². The molecule has 35 heavy (non-hydrogen) atoms. The minimum Gasteiger partial charge on any atom is -0.451 e. The Morgan fingerprint density at radius 2 is 1.83 bits per heavy atom. The number of unbranched alkanes of at least 4 members (excludes halogenated alkanes) is 1. The van der Waals surface area contributed by atoms with Crippen molar-refractivity contribution in [1.29, 1.82) is 0 Å². The van der Waals surface area contributed by atoms with E-state index in [0.29, 0.717) is 25.7 Å². The molecule has 0 bridgehead atoms. The summed E-state index contributed by atoms with van der Waals surface area (Å²) in [6.07, 6.45) is 3.25. The highest BCUT2D eigenvalue weighted by Crippen LogP contribution is 2.35. The second kappa shape index (κ2) is 12.3. The van der Waals surface area contributed by atoms with Crippen LogP contribution >= 0.6 is 0 Å². The third-order valence-electron chi connectivity index (χ3n) is 6.47. The van der Waals surface area contributed by atoms with Gasteiger partial charge in [-0.3, -0.25) is 4.79 Å². The van der Waals surface area contributed by atoms with Crippen LogP contribution < -0.4 is 5.63 Å². The molecule has 2 atom stereocenters. The van der Waals surface area contributed by atoms with Crippen LogP contribution in [0.15, 0.2) is 49.7 Å². The number of hydrogen-bond acceptors (Lipinski definition) is 7. The van der Waals surface area contributed by atoms with Crippen molar-refractivity contribution < 1.29 is 18.7 Å². The fraction of sp³-hybridized carbons (Fsp3) is 0.481. The summed E-state index contributed by atoms with van der Waals surface area (Å²) in [6.45, 7) is 9.55. The number of nitrogens with zero attached hydrogens (tertiary/aromatic N) is 2. The highest BCUT2D eigenvalue weighted by molar-refractivity contribution is 6.01. The molecule has 0 saturated heterocycles. The molecule has 1 aromatic heterocycles. The molecule has 8 heteroatoms. The van der Waals surface area contributed by atoms with Crippen molar-refractivity contribution in [1.82, 2.24) is 0 Å². The SMILES string of the molecule is COC(=O)N=CCCCC(C)c1cc(N=O)c(C(=O)C(C)C(C)(C)Cc2ccc(C)cc2)c(=O)o1. The summed E-state index contributed by atoms with van der Waals surface area (Å²) in [5, 5.41) is 2.99. The molecule has 0 N–H and O–H groups in total. The number of aliphatic imine (C=N–C) groups is 1. The third kappa shape index (κ3) is 7.53. The first-order valence-electron chi connectivity index (χ1n) is 11.7. The zero-order chi connectivity index (χ0) is 26.2. The summed E-state index contributed by atoms with van der Waals surface area (Å²) < 4.78 is 9.89. The van der Waals surface area contributed by atoms with Gasteiger partial charge in [-0.2, -0.15) is 4.99 Å². The van der Waals surface area contributed by atoms with Crippen LogP contribution in [-0.2, 0) is 11.2 Å². The monoisotopic (exact) mass is 482 g/mol. The standard InChI is InChI=1S/C27H34N2O6/c1-17-10-12-20(13-11-17)16-27(4,5)19(3)24(30)23-21(29-33)15-22(35-25(23)31)18(2)9-7-8-14-28-26(32)34-6/h10-15,18-19H,7-9,16H2,1-6H3. The van der Waals surface area contributed by atoms with E-state index in [1.54, 1.807) is 6.92 Å². The maximum absolute atomic E-state index is 13.3. The fourth-order valence-electron chi connectivity index (χ4n) is 3.85. The number of hydrogen-bond donors (Lipinski definition) is 0. The Labute approximate surface area is 205 Å². The molecule has 0 aliphatic heterocycles. The van der Waals surface area contributed by atoms with E-state index in [1.807, 2.05) is 52.0 Å². The van der Waals surface area contributed by atoms with Gasteiger partial charge >= 0.3 is 11.7 Å². The van der Waals surface area contributed by atoms with E-state index in [0.717, 1.165) is 11.1 Å². The lowest BCUT2D eigenvalue weighted by Crippen LogP contribution is -2.33. The first kappa shape index (κ1) is 27.8. The zero-order valence-corrected chi connectivity index (χ0v) is 21.3. The van der Waals surface area contributed by atoms with E-state index < -0.39 is 28.8 Å². The Morgan fingerprint density at radius 3 is 2.43 bits per heavy atom. The molecule has 0 aliphatic carbocycles. The summed E-state index contributed by atoms with van der Waals surface area (Å²) in [6, 6.07) is 9.48. The number of Topliss-reactive ketones (excluding diaryl/α,β-unsaturated/α-hetero) is 1. The second-order valence-corrected chi connectivity index (χ2v) is 9.64. The lowest BCUT2D eigenvalue weighted by atomic mass is 9.72. The van der Waals surface area contributed by atoms with Gasteiger partial charge in [-0.25, -0.2) is 9.59 Å². The first-order valence-corrected chi connectivity index (χ1v) is 11.7. The molecule has 1 aromatic carbocycles. The normalized spacial score (nSPS) is 13.4. The molecule has 2 rings (SSSR count). The molecular weight excluding hydrogens is 448 g/mol. The molecule has 2 unspecified atom stereocenters. The molecule has 0 saturated carbocycles. The second-order valence-electron chi connectivity index (χ2n) is 9.64. The number of rotatable bonds is 11. The van der Waals surface area contributed by atoms with E-state index in [1.165, 1.54) is 19.4 Å². The smallest absolute Gasteiger partial charge is 0.432 e. The van der Waals surface area contributed by atoms with Gasteiger partial charge in [0.05, 0.1) is 7.11 Å². The van der Waals surface area contributed by atoms with Gasteiger partial charge in [-0.15, -0.1) is 4.91 Å².